The smallest absolute Gasteiger partial charge is 0.251 e. The fraction of sp³-hybridized carbons (Fsp3) is 0.435. The lowest BCUT2D eigenvalue weighted by molar-refractivity contribution is 0.0921. The average molecular weight is 367 g/mol. The van der Waals surface area contributed by atoms with Crippen LogP contribution in [0, 0.1) is 5.92 Å². The predicted octanol–water partition coefficient (Wildman–Crippen LogP) is 4.12. The summed E-state index contributed by atoms with van der Waals surface area (Å²) in [5, 5.41) is 3.07. The molecule has 3 rings (SSSR count). The van der Waals surface area contributed by atoms with Crippen molar-refractivity contribution in [1.29, 1.82) is 0 Å². The Hall–Kier alpha value is -2.33. The number of carbonyl (C=O) groups is 1. The Morgan fingerprint density at radius 1 is 1.11 bits per heavy atom. The molecule has 2 aromatic rings. The third kappa shape index (κ3) is 5.83. The molecule has 1 amide bonds. The fourth-order valence-corrected chi connectivity index (χ4v) is 3.38. The van der Waals surface area contributed by atoms with Crippen molar-refractivity contribution in [3.63, 3.8) is 0 Å². The second-order valence-corrected chi connectivity index (χ2v) is 7.58. The van der Waals surface area contributed by atoms with E-state index in [4.69, 9.17) is 4.74 Å². The van der Waals surface area contributed by atoms with Crippen LogP contribution in [0.15, 0.2) is 54.6 Å². The molecule has 0 bridgehead atoms. The Bertz CT molecular complexity index is 707. The van der Waals surface area contributed by atoms with E-state index in [2.05, 4.69) is 24.1 Å². The van der Waals surface area contributed by atoms with E-state index in [0.717, 1.165) is 30.3 Å². The van der Waals surface area contributed by atoms with Gasteiger partial charge >= 0.3 is 0 Å². The minimum Gasteiger partial charge on any atom is -0.489 e. The molecule has 27 heavy (non-hydrogen) atoms. The number of likely N-dealkylation sites (tertiary alicyclic amines) is 1. The second-order valence-electron chi connectivity index (χ2n) is 7.58. The van der Waals surface area contributed by atoms with E-state index < -0.39 is 0 Å². The number of carbonyl (C=O) groups excluding carboxylic acids is 1. The lowest BCUT2D eigenvalue weighted by Gasteiger charge is -2.35. The van der Waals surface area contributed by atoms with Gasteiger partial charge in [0.15, 0.2) is 0 Å². The molecule has 144 valence electrons. The number of ether oxygens (including phenoxy) is 1. The Morgan fingerprint density at radius 3 is 2.44 bits per heavy atom. The molecule has 2 aromatic carbocycles. The minimum atomic E-state index is -0.0113. The molecule has 1 aliphatic rings. The van der Waals surface area contributed by atoms with Gasteiger partial charge in [-0.2, -0.15) is 0 Å². The van der Waals surface area contributed by atoms with E-state index in [1.54, 1.807) is 0 Å². The molecule has 1 heterocycles. The summed E-state index contributed by atoms with van der Waals surface area (Å²) < 4.78 is 5.74. The summed E-state index contributed by atoms with van der Waals surface area (Å²) in [6.45, 7) is 7.96. The molecule has 0 spiro atoms. The second kappa shape index (κ2) is 9.56. The maximum Gasteiger partial charge on any atom is 0.251 e. The number of amides is 1. The molecule has 0 radical (unpaired) electrons. The van der Waals surface area contributed by atoms with Crippen LogP contribution in [0.4, 0.5) is 0 Å². The largest absolute Gasteiger partial charge is 0.489 e. The first-order valence-electron chi connectivity index (χ1n) is 9.91. The van der Waals surface area contributed by atoms with Gasteiger partial charge in [-0.05, 0) is 68.6 Å². The van der Waals surface area contributed by atoms with Crippen LogP contribution >= 0.6 is 0 Å². The molecule has 4 nitrogen and oxygen atoms in total. The fourth-order valence-electron chi connectivity index (χ4n) is 3.38. The third-order valence-corrected chi connectivity index (χ3v) is 5.36. The lowest BCUT2D eigenvalue weighted by Crippen LogP contribution is -2.45. The summed E-state index contributed by atoms with van der Waals surface area (Å²) in [5.41, 5.74) is 1.74. The standard InChI is InChI=1S/C23H30N2O2/c1-18-12-14-25(15-13-18)19(2)16-24-23(26)21-10-8-20(9-11-21)17-27-22-6-4-3-5-7-22/h3-11,18-19H,12-17H2,1-2H3,(H,24,26). The van der Waals surface area contributed by atoms with Crippen LogP contribution in [0.2, 0.25) is 0 Å². The van der Waals surface area contributed by atoms with Crippen LogP contribution < -0.4 is 10.1 Å². The van der Waals surface area contributed by atoms with Crippen LogP contribution in [0.1, 0.15) is 42.6 Å². The molecule has 1 aliphatic heterocycles. The molecule has 0 aliphatic carbocycles. The normalized spacial score (nSPS) is 16.7. The average Bonchev–Trinajstić information content (AvgIpc) is 2.72. The number of hydrogen-bond donors (Lipinski definition) is 1. The van der Waals surface area contributed by atoms with Gasteiger partial charge < -0.3 is 10.1 Å². The van der Waals surface area contributed by atoms with Crippen LogP contribution in [0.5, 0.6) is 5.75 Å². The van der Waals surface area contributed by atoms with E-state index in [0.29, 0.717) is 24.8 Å². The number of nitrogens with zero attached hydrogens (tertiary/aromatic N) is 1. The zero-order valence-electron chi connectivity index (χ0n) is 16.4. The van der Waals surface area contributed by atoms with Gasteiger partial charge in [0.05, 0.1) is 0 Å². The molecule has 1 fully saturated rings. The van der Waals surface area contributed by atoms with Crippen molar-refractivity contribution in [3.8, 4) is 5.75 Å². The summed E-state index contributed by atoms with van der Waals surface area (Å²) in [7, 11) is 0. The molecule has 1 atom stereocenters. The van der Waals surface area contributed by atoms with Gasteiger partial charge in [0, 0.05) is 18.2 Å². The molecule has 4 heteroatoms. The van der Waals surface area contributed by atoms with E-state index in [-0.39, 0.29) is 5.91 Å². The molecular weight excluding hydrogens is 336 g/mol. The molecular formula is C23H30N2O2. The van der Waals surface area contributed by atoms with Gasteiger partial charge in [0.2, 0.25) is 0 Å². The lowest BCUT2D eigenvalue weighted by atomic mass is 9.98. The van der Waals surface area contributed by atoms with Crippen molar-refractivity contribution in [2.75, 3.05) is 19.6 Å². The quantitative estimate of drug-likeness (QED) is 0.802. The molecule has 0 aromatic heterocycles. The first kappa shape index (κ1) is 19.4. The zero-order valence-corrected chi connectivity index (χ0v) is 16.4. The Labute approximate surface area is 162 Å². The number of rotatable bonds is 7. The molecule has 1 saturated heterocycles. The number of benzene rings is 2. The first-order valence-corrected chi connectivity index (χ1v) is 9.91. The number of para-hydroxylation sites is 1. The number of nitrogens with one attached hydrogen (secondary N) is 1. The SMILES string of the molecule is CC1CCN(C(C)CNC(=O)c2ccc(COc3ccccc3)cc2)CC1. The van der Waals surface area contributed by atoms with Crippen molar-refractivity contribution in [1.82, 2.24) is 10.2 Å². The third-order valence-electron chi connectivity index (χ3n) is 5.36. The van der Waals surface area contributed by atoms with Crippen molar-refractivity contribution < 1.29 is 9.53 Å². The van der Waals surface area contributed by atoms with Crippen LogP contribution in [0.25, 0.3) is 0 Å². The van der Waals surface area contributed by atoms with Crippen molar-refractivity contribution in [2.24, 2.45) is 5.92 Å². The molecule has 0 saturated carbocycles. The van der Waals surface area contributed by atoms with Crippen molar-refractivity contribution in [2.45, 2.75) is 39.3 Å². The summed E-state index contributed by atoms with van der Waals surface area (Å²) in [6.07, 6.45) is 2.51. The first-order chi connectivity index (χ1) is 13.1. The Kier molecular flexibility index (Phi) is 6.88. The van der Waals surface area contributed by atoms with Crippen LogP contribution in [-0.4, -0.2) is 36.5 Å². The summed E-state index contributed by atoms with van der Waals surface area (Å²) >= 11 is 0. The van der Waals surface area contributed by atoms with E-state index in [1.165, 1.54) is 12.8 Å². The van der Waals surface area contributed by atoms with Gasteiger partial charge in [-0.1, -0.05) is 37.3 Å². The maximum atomic E-state index is 12.4. The monoisotopic (exact) mass is 366 g/mol. The number of hydrogen-bond acceptors (Lipinski definition) is 3. The van der Waals surface area contributed by atoms with Gasteiger partial charge in [-0.3, -0.25) is 9.69 Å². The van der Waals surface area contributed by atoms with Gasteiger partial charge in [0.1, 0.15) is 12.4 Å². The highest BCUT2D eigenvalue weighted by atomic mass is 16.5. The van der Waals surface area contributed by atoms with Gasteiger partial charge in [0.25, 0.3) is 5.91 Å². The highest BCUT2D eigenvalue weighted by Crippen LogP contribution is 2.18. The molecule has 1 N–H and O–H groups in total. The summed E-state index contributed by atoms with van der Waals surface area (Å²) in [4.78, 5) is 14.9. The van der Waals surface area contributed by atoms with Gasteiger partial charge in [-0.25, -0.2) is 0 Å². The summed E-state index contributed by atoms with van der Waals surface area (Å²) in [5.74, 6) is 1.66. The predicted molar refractivity (Wildman–Crippen MR) is 109 cm³/mol. The van der Waals surface area contributed by atoms with E-state index in [9.17, 15) is 4.79 Å². The highest BCUT2D eigenvalue weighted by Gasteiger charge is 2.20. The Morgan fingerprint density at radius 2 is 1.78 bits per heavy atom. The van der Waals surface area contributed by atoms with Gasteiger partial charge in [-0.15, -0.1) is 0 Å². The van der Waals surface area contributed by atoms with Crippen molar-refractivity contribution >= 4 is 5.91 Å². The minimum absolute atomic E-state index is 0.0113. The van der Waals surface area contributed by atoms with E-state index >= 15 is 0 Å². The number of piperidine rings is 1. The topological polar surface area (TPSA) is 41.6 Å². The Balaban J connectivity index is 1.44. The maximum absolute atomic E-state index is 12.4. The van der Waals surface area contributed by atoms with Crippen LogP contribution in [-0.2, 0) is 6.61 Å². The zero-order chi connectivity index (χ0) is 19.1. The summed E-state index contributed by atoms with van der Waals surface area (Å²) in [6, 6.07) is 17.8. The van der Waals surface area contributed by atoms with E-state index in [1.807, 2.05) is 54.6 Å². The van der Waals surface area contributed by atoms with Crippen LogP contribution in [0.3, 0.4) is 0 Å². The van der Waals surface area contributed by atoms with Crippen molar-refractivity contribution in [3.05, 3.63) is 65.7 Å². The molecule has 1 unspecified atom stereocenters. The highest BCUT2D eigenvalue weighted by molar-refractivity contribution is 5.94.